The molecule has 2 aliphatic rings. The topological polar surface area (TPSA) is 91.6 Å². The number of alkyl halides is 1. The van der Waals surface area contributed by atoms with Gasteiger partial charge in [-0.3, -0.25) is 9.89 Å². The molecule has 26 heavy (non-hydrogen) atoms. The predicted octanol–water partition coefficient (Wildman–Crippen LogP) is 2.90. The van der Waals surface area contributed by atoms with Crippen LogP contribution in [0.15, 0.2) is 4.99 Å². The van der Waals surface area contributed by atoms with E-state index < -0.39 is 44.3 Å². The molecular weight excluding hydrogens is 379 g/mol. The van der Waals surface area contributed by atoms with E-state index in [1.165, 1.54) is 7.05 Å². The number of aliphatic hydroxyl groups is 1. The number of halogens is 1. The lowest BCUT2D eigenvalue weighted by molar-refractivity contribution is -0.130. The molecule has 2 aliphatic heterocycles. The van der Waals surface area contributed by atoms with Gasteiger partial charge in [0.05, 0.1) is 6.10 Å². The lowest BCUT2D eigenvalue weighted by Gasteiger charge is -2.46. The van der Waals surface area contributed by atoms with Crippen molar-refractivity contribution in [3.8, 4) is 0 Å². The Hall–Kier alpha value is -0.683. The average Bonchev–Trinajstić information content (AvgIpc) is 2.93. The summed E-state index contributed by atoms with van der Waals surface area (Å²) in [6, 6.07) is -0.818. The maximum absolute atomic E-state index is 15.4. The van der Waals surface area contributed by atoms with Crippen LogP contribution in [-0.2, 0) is 9.16 Å². The molecule has 0 saturated carbocycles. The Morgan fingerprint density at radius 2 is 2.08 bits per heavy atom. The number of carbonyl (C=O) groups is 1. The minimum absolute atomic E-state index is 0.101. The molecule has 1 fully saturated rings. The molecule has 7 nitrogen and oxygen atoms in total. The Bertz CT molecular complexity index is 571. The van der Waals surface area contributed by atoms with E-state index in [1.54, 1.807) is 0 Å². The molecule has 10 heteroatoms. The van der Waals surface area contributed by atoms with Gasteiger partial charge < -0.3 is 19.4 Å². The normalized spacial score (nSPS) is 32.2. The van der Waals surface area contributed by atoms with E-state index in [2.05, 4.69) is 25.8 Å². The molecule has 0 bridgehead atoms. The van der Waals surface area contributed by atoms with Gasteiger partial charge in [0.2, 0.25) is 0 Å². The zero-order chi connectivity index (χ0) is 19.9. The summed E-state index contributed by atoms with van der Waals surface area (Å²) in [6.45, 7) is 10.2. The van der Waals surface area contributed by atoms with Crippen molar-refractivity contribution in [1.82, 2.24) is 4.90 Å². The molecule has 0 aliphatic carbocycles. The van der Waals surface area contributed by atoms with E-state index in [9.17, 15) is 9.90 Å². The number of hydrogen-bond acceptors (Lipinski definition) is 6. The highest BCUT2D eigenvalue weighted by atomic mass is 32.2. The van der Waals surface area contributed by atoms with Crippen LogP contribution in [0.3, 0.4) is 0 Å². The molecule has 0 aromatic rings. The Morgan fingerprint density at radius 1 is 1.46 bits per heavy atom. The number of amides is 1. The molecule has 1 amide bonds. The second-order valence-corrected chi connectivity index (χ2v) is 14.0. The zero-order valence-electron chi connectivity index (χ0n) is 16.1. The maximum Gasteiger partial charge on any atom is 0.413 e. The molecule has 0 unspecified atom stereocenters. The van der Waals surface area contributed by atoms with E-state index in [-0.39, 0.29) is 23.2 Å². The molecule has 0 aromatic heterocycles. The minimum atomic E-state index is -2.27. The minimum Gasteiger partial charge on any atom is -0.465 e. The zero-order valence-corrected chi connectivity index (χ0v) is 17.9. The first-order valence-corrected chi connectivity index (χ1v) is 12.5. The highest BCUT2D eigenvalue weighted by molar-refractivity contribution is 8.14. The summed E-state index contributed by atoms with van der Waals surface area (Å²) in [5.74, 6) is 0. The molecule has 0 aromatic carbocycles. The molecule has 0 radical (unpaired) electrons. The average molecular weight is 409 g/mol. The van der Waals surface area contributed by atoms with Crippen molar-refractivity contribution < 1.29 is 28.6 Å². The third kappa shape index (κ3) is 4.24. The number of fused-ring (bicyclic) bond motifs is 1. The van der Waals surface area contributed by atoms with Gasteiger partial charge in [-0.05, 0) is 24.6 Å². The maximum atomic E-state index is 15.4. The van der Waals surface area contributed by atoms with Gasteiger partial charge in [0.25, 0.3) is 0 Å². The molecule has 150 valence electrons. The molecule has 2 heterocycles. The molecule has 5 atom stereocenters. The summed E-state index contributed by atoms with van der Waals surface area (Å²) >= 11 is 1.10. The van der Waals surface area contributed by atoms with Crippen LogP contribution in [0.1, 0.15) is 27.2 Å². The molecule has 0 spiro atoms. The number of rotatable bonds is 4. The smallest absolute Gasteiger partial charge is 0.413 e. The van der Waals surface area contributed by atoms with Crippen molar-refractivity contribution in [2.24, 2.45) is 4.99 Å². The third-order valence-corrected chi connectivity index (χ3v) is 11.0. The van der Waals surface area contributed by atoms with Crippen molar-refractivity contribution in [2.45, 2.75) is 75.2 Å². The lowest BCUT2D eigenvalue weighted by Crippen LogP contribution is -2.58. The van der Waals surface area contributed by atoms with Crippen LogP contribution in [0, 0.1) is 0 Å². The van der Waals surface area contributed by atoms with Crippen LogP contribution in [0.25, 0.3) is 0 Å². The number of hydrogen-bond donors (Lipinski definition) is 2. The highest BCUT2D eigenvalue weighted by Crippen LogP contribution is 2.44. The van der Waals surface area contributed by atoms with Crippen LogP contribution in [0.2, 0.25) is 18.1 Å². The number of aliphatic imine (C=N–C) groups is 1. The second kappa shape index (κ2) is 7.74. The van der Waals surface area contributed by atoms with Gasteiger partial charge in [-0.1, -0.05) is 32.5 Å². The Kier molecular flexibility index (Phi) is 6.44. The first-order chi connectivity index (χ1) is 11.9. The van der Waals surface area contributed by atoms with E-state index in [0.29, 0.717) is 0 Å². The van der Waals surface area contributed by atoms with Crippen LogP contribution in [0.5, 0.6) is 0 Å². The van der Waals surface area contributed by atoms with Gasteiger partial charge in [-0.2, -0.15) is 0 Å². The van der Waals surface area contributed by atoms with Crippen molar-refractivity contribution in [3.63, 3.8) is 0 Å². The summed E-state index contributed by atoms with van der Waals surface area (Å²) in [5.41, 5.74) is -0.613. The van der Waals surface area contributed by atoms with Crippen molar-refractivity contribution in [1.29, 1.82) is 0 Å². The molecule has 2 rings (SSSR count). The van der Waals surface area contributed by atoms with E-state index in [4.69, 9.17) is 14.3 Å². The highest BCUT2D eigenvalue weighted by Gasteiger charge is 2.53. The molecule has 2 N–H and O–H groups in total. The number of carboxylic acid groups (broad SMARTS) is 1. The van der Waals surface area contributed by atoms with Gasteiger partial charge in [0.1, 0.15) is 17.6 Å². The summed E-state index contributed by atoms with van der Waals surface area (Å²) in [4.78, 5) is 16.4. The third-order valence-electron chi connectivity index (χ3n) is 5.30. The fraction of sp³-hybridized carbons (Fsp3) is 0.875. The van der Waals surface area contributed by atoms with Crippen molar-refractivity contribution >= 4 is 31.3 Å². The van der Waals surface area contributed by atoms with Crippen LogP contribution < -0.4 is 0 Å². The fourth-order valence-corrected chi connectivity index (χ4v) is 5.13. The number of thioether (sulfide) groups is 1. The van der Waals surface area contributed by atoms with Gasteiger partial charge >= 0.3 is 6.09 Å². The number of amidine groups is 1. The summed E-state index contributed by atoms with van der Waals surface area (Å²) in [7, 11) is -0.898. The Morgan fingerprint density at radius 3 is 2.58 bits per heavy atom. The first-order valence-electron chi connectivity index (χ1n) is 8.68. The van der Waals surface area contributed by atoms with E-state index in [0.717, 1.165) is 16.7 Å². The number of nitrogens with zero attached hydrogens (tertiary/aromatic N) is 2. The second-order valence-electron chi connectivity index (χ2n) is 8.20. The van der Waals surface area contributed by atoms with Crippen LogP contribution in [-0.4, -0.2) is 78.2 Å². The molecular formula is C16H29FN2O5SSi. The van der Waals surface area contributed by atoms with E-state index in [1.807, 2.05) is 13.1 Å². The van der Waals surface area contributed by atoms with Gasteiger partial charge in [-0.25, -0.2) is 9.18 Å². The van der Waals surface area contributed by atoms with Gasteiger partial charge in [-0.15, -0.1) is 0 Å². The number of aliphatic hydroxyl groups excluding tert-OH is 1. The van der Waals surface area contributed by atoms with E-state index >= 15 is 4.39 Å². The monoisotopic (exact) mass is 408 g/mol. The van der Waals surface area contributed by atoms with Crippen LogP contribution in [0.4, 0.5) is 9.18 Å². The summed E-state index contributed by atoms with van der Waals surface area (Å²) in [5, 5.41) is 18.6. The quantitative estimate of drug-likeness (QED) is 0.695. The Labute approximate surface area is 159 Å². The Balaban J connectivity index is 2.26. The first kappa shape index (κ1) is 21.6. The lowest BCUT2D eigenvalue weighted by atomic mass is 9.98. The fourth-order valence-electron chi connectivity index (χ4n) is 2.64. The largest absolute Gasteiger partial charge is 0.465 e. The van der Waals surface area contributed by atoms with Crippen molar-refractivity contribution in [3.05, 3.63) is 0 Å². The van der Waals surface area contributed by atoms with Gasteiger partial charge in [0, 0.05) is 13.7 Å². The van der Waals surface area contributed by atoms with Crippen molar-refractivity contribution in [2.75, 3.05) is 13.7 Å². The van der Waals surface area contributed by atoms with Crippen LogP contribution >= 0.6 is 11.8 Å². The molecule has 1 saturated heterocycles. The number of ether oxygens (including phenoxy) is 1. The summed E-state index contributed by atoms with van der Waals surface area (Å²) < 4.78 is 27.7. The summed E-state index contributed by atoms with van der Waals surface area (Å²) in [6.07, 6.45) is -3.75. The predicted molar refractivity (Wildman–Crippen MR) is 102 cm³/mol. The SMILES string of the molecule is CN(C(=O)O)C1=N[C@@H]2[C@@H](F)[C@H](O[Si](C)(C)C(C)(C)C)[C@@H](CCO)O[C@@H]2S1. The van der Waals surface area contributed by atoms with Gasteiger partial charge in [0.15, 0.2) is 19.7 Å². The standard InChI is InChI=1S/C16H29FN2O5SSi/c1-16(2,3)26(5,6)24-12-9(7-8-20)23-13-11(10(12)17)18-14(25-13)19(4)15(21)22/h9-13,20H,7-8H2,1-6H3,(H,21,22)/t9-,10-,11-,12-,13-/m1/s1.